The molecular weight excluding hydrogens is 264 g/mol. The third kappa shape index (κ3) is 3.09. The fourth-order valence-electron chi connectivity index (χ4n) is 3.45. The Kier molecular flexibility index (Phi) is 4.95. The van der Waals surface area contributed by atoms with Gasteiger partial charge in [0, 0.05) is 13.1 Å². The zero-order valence-corrected chi connectivity index (χ0v) is 14.1. The third-order valence-corrected chi connectivity index (χ3v) is 5.20. The fraction of sp³-hybridized carbons (Fsp3) is 0.882. The standard InChI is InChI=1S/C17H30N2O2/c1-11(2)13(5)10-19-15(12(3)4)17(21)18-9-7-6-8-14(18)16(19)20/h11-15H,6-10H2,1-5H3. The minimum Gasteiger partial charge on any atom is -0.329 e. The van der Waals surface area contributed by atoms with E-state index in [1.165, 1.54) is 0 Å². The van der Waals surface area contributed by atoms with Gasteiger partial charge in [0.1, 0.15) is 12.1 Å². The first kappa shape index (κ1) is 16.3. The highest BCUT2D eigenvalue weighted by Crippen LogP contribution is 2.30. The number of carbonyl (C=O) groups excluding carboxylic acids is 2. The molecule has 2 fully saturated rings. The van der Waals surface area contributed by atoms with Crippen molar-refractivity contribution in [3.8, 4) is 0 Å². The quantitative estimate of drug-likeness (QED) is 0.799. The van der Waals surface area contributed by atoms with Crippen LogP contribution in [0.15, 0.2) is 0 Å². The molecule has 2 amide bonds. The minimum absolute atomic E-state index is 0.170. The summed E-state index contributed by atoms with van der Waals surface area (Å²) in [5, 5.41) is 0. The normalized spacial score (nSPS) is 28.3. The summed E-state index contributed by atoms with van der Waals surface area (Å²) >= 11 is 0. The van der Waals surface area contributed by atoms with Crippen LogP contribution in [-0.4, -0.2) is 46.8 Å². The number of piperidine rings is 1. The Morgan fingerprint density at radius 2 is 1.71 bits per heavy atom. The topological polar surface area (TPSA) is 40.6 Å². The Morgan fingerprint density at radius 1 is 1.05 bits per heavy atom. The molecule has 0 spiro atoms. The van der Waals surface area contributed by atoms with Crippen molar-refractivity contribution < 1.29 is 9.59 Å². The summed E-state index contributed by atoms with van der Waals surface area (Å²) in [6.07, 6.45) is 2.92. The van der Waals surface area contributed by atoms with Gasteiger partial charge in [-0.1, -0.05) is 34.6 Å². The molecule has 4 heteroatoms. The Hall–Kier alpha value is -1.06. The van der Waals surface area contributed by atoms with E-state index in [9.17, 15) is 9.59 Å². The van der Waals surface area contributed by atoms with Gasteiger partial charge in [0.05, 0.1) is 0 Å². The van der Waals surface area contributed by atoms with Crippen LogP contribution < -0.4 is 0 Å². The van der Waals surface area contributed by atoms with Gasteiger partial charge in [-0.25, -0.2) is 0 Å². The molecule has 3 unspecified atom stereocenters. The van der Waals surface area contributed by atoms with Crippen LogP contribution in [0.1, 0.15) is 53.9 Å². The van der Waals surface area contributed by atoms with Crippen LogP contribution in [0.3, 0.4) is 0 Å². The molecule has 0 aromatic heterocycles. The summed E-state index contributed by atoms with van der Waals surface area (Å²) in [5.74, 6) is 1.46. The molecule has 2 saturated heterocycles. The van der Waals surface area contributed by atoms with Crippen molar-refractivity contribution in [3.63, 3.8) is 0 Å². The average Bonchev–Trinajstić information content (AvgIpc) is 2.44. The highest BCUT2D eigenvalue weighted by Gasteiger charge is 2.47. The van der Waals surface area contributed by atoms with Crippen molar-refractivity contribution in [3.05, 3.63) is 0 Å². The maximum absolute atomic E-state index is 12.9. The van der Waals surface area contributed by atoms with Crippen molar-refractivity contribution in [1.82, 2.24) is 9.80 Å². The second-order valence-corrected chi connectivity index (χ2v) is 7.44. The SMILES string of the molecule is CC(C)C(C)CN1C(=O)C2CCCCN2C(=O)C1C(C)C. The van der Waals surface area contributed by atoms with Gasteiger partial charge in [-0.05, 0) is 37.0 Å². The lowest BCUT2D eigenvalue weighted by atomic mass is 9.88. The minimum atomic E-state index is -0.270. The van der Waals surface area contributed by atoms with E-state index >= 15 is 0 Å². The van der Waals surface area contributed by atoms with Gasteiger partial charge in [0.25, 0.3) is 0 Å². The molecule has 2 aliphatic rings. The summed E-state index contributed by atoms with van der Waals surface area (Å²) in [5.41, 5.74) is 0. The molecule has 21 heavy (non-hydrogen) atoms. The van der Waals surface area contributed by atoms with E-state index in [-0.39, 0.29) is 29.8 Å². The smallest absolute Gasteiger partial charge is 0.246 e. The molecule has 0 saturated carbocycles. The average molecular weight is 294 g/mol. The van der Waals surface area contributed by atoms with Gasteiger partial charge in [0.15, 0.2) is 0 Å². The molecule has 0 aromatic rings. The van der Waals surface area contributed by atoms with Crippen LogP contribution in [0.2, 0.25) is 0 Å². The molecule has 2 rings (SSSR count). The number of carbonyl (C=O) groups is 2. The summed E-state index contributed by atoms with van der Waals surface area (Å²) in [6.45, 7) is 12.1. The van der Waals surface area contributed by atoms with Crippen LogP contribution in [0.5, 0.6) is 0 Å². The molecule has 2 heterocycles. The Morgan fingerprint density at radius 3 is 2.29 bits per heavy atom. The van der Waals surface area contributed by atoms with E-state index < -0.39 is 0 Å². The van der Waals surface area contributed by atoms with Gasteiger partial charge < -0.3 is 9.80 Å². The highest BCUT2D eigenvalue weighted by atomic mass is 16.2. The molecule has 2 aliphatic heterocycles. The molecule has 0 radical (unpaired) electrons. The van der Waals surface area contributed by atoms with Gasteiger partial charge in [0.2, 0.25) is 11.8 Å². The number of nitrogens with zero attached hydrogens (tertiary/aromatic N) is 2. The predicted octanol–water partition coefficient (Wildman–Crippen LogP) is 2.53. The van der Waals surface area contributed by atoms with Gasteiger partial charge in [-0.2, -0.15) is 0 Å². The largest absolute Gasteiger partial charge is 0.329 e. The van der Waals surface area contributed by atoms with Crippen LogP contribution in [0.4, 0.5) is 0 Å². The second kappa shape index (κ2) is 6.37. The van der Waals surface area contributed by atoms with Crippen LogP contribution >= 0.6 is 0 Å². The molecule has 0 aromatic carbocycles. The zero-order valence-electron chi connectivity index (χ0n) is 14.1. The number of fused-ring (bicyclic) bond motifs is 1. The lowest BCUT2D eigenvalue weighted by molar-refractivity contribution is -0.166. The number of piperazine rings is 1. The highest BCUT2D eigenvalue weighted by molar-refractivity contribution is 5.97. The number of amides is 2. The predicted molar refractivity (Wildman–Crippen MR) is 83.7 cm³/mol. The Labute approximate surface area is 128 Å². The second-order valence-electron chi connectivity index (χ2n) is 7.44. The van der Waals surface area contributed by atoms with Crippen molar-refractivity contribution in [2.24, 2.45) is 17.8 Å². The first-order valence-electron chi connectivity index (χ1n) is 8.45. The Bertz CT molecular complexity index is 406. The van der Waals surface area contributed by atoms with Gasteiger partial charge in [-0.3, -0.25) is 9.59 Å². The molecule has 120 valence electrons. The summed E-state index contributed by atoms with van der Waals surface area (Å²) in [6, 6.07) is -0.464. The molecule has 0 bridgehead atoms. The van der Waals surface area contributed by atoms with E-state index in [2.05, 4.69) is 20.8 Å². The van der Waals surface area contributed by atoms with E-state index in [1.807, 2.05) is 23.6 Å². The maximum atomic E-state index is 12.9. The lowest BCUT2D eigenvalue weighted by Crippen LogP contribution is -2.67. The summed E-state index contributed by atoms with van der Waals surface area (Å²) in [7, 11) is 0. The fourth-order valence-corrected chi connectivity index (χ4v) is 3.45. The van der Waals surface area contributed by atoms with Crippen molar-refractivity contribution in [2.75, 3.05) is 13.1 Å². The molecule has 0 N–H and O–H groups in total. The van der Waals surface area contributed by atoms with Crippen LogP contribution in [0, 0.1) is 17.8 Å². The Balaban J connectivity index is 2.26. The van der Waals surface area contributed by atoms with Gasteiger partial charge >= 0.3 is 0 Å². The number of hydrogen-bond donors (Lipinski definition) is 0. The van der Waals surface area contributed by atoms with E-state index in [0.29, 0.717) is 18.4 Å². The first-order valence-corrected chi connectivity index (χ1v) is 8.45. The third-order valence-electron chi connectivity index (χ3n) is 5.20. The first-order chi connectivity index (χ1) is 9.84. The molecule has 0 aliphatic carbocycles. The zero-order chi connectivity index (χ0) is 15.7. The monoisotopic (exact) mass is 294 g/mol. The van der Waals surface area contributed by atoms with Crippen LogP contribution in [-0.2, 0) is 9.59 Å². The number of rotatable bonds is 4. The van der Waals surface area contributed by atoms with E-state index in [4.69, 9.17) is 0 Å². The molecular formula is C17H30N2O2. The van der Waals surface area contributed by atoms with E-state index in [0.717, 1.165) is 25.8 Å². The summed E-state index contributed by atoms with van der Waals surface area (Å²) in [4.78, 5) is 29.5. The van der Waals surface area contributed by atoms with Crippen molar-refractivity contribution in [2.45, 2.75) is 66.0 Å². The molecule has 4 nitrogen and oxygen atoms in total. The maximum Gasteiger partial charge on any atom is 0.246 e. The van der Waals surface area contributed by atoms with Crippen LogP contribution in [0.25, 0.3) is 0 Å². The van der Waals surface area contributed by atoms with E-state index in [1.54, 1.807) is 0 Å². The number of hydrogen-bond acceptors (Lipinski definition) is 2. The lowest BCUT2D eigenvalue weighted by Gasteiger charge is -2.49. The van der Waals surface area contributed by atoms with Gasteiger partial charge in [-0.15, -0.1) is 0 Å². The molecule has 3 atom stereocenters. The summed E-state index contributed by atoms with van der Waals surface area (Å²) < 4.78 is 0. The van der Waals surface area contributed by atoms with Crippen molar-refractivity contribution >= 4 is 11.8 Å². The van der Waals surface area contributed by atoms with Crippen molar-refractivity contribution in [1.29, 1.82) is 0 Å².